The van der Waals surface area contributed by atoms with Crippen LogP contribution in [0.2, 0.25) is 0 Å². The molecule has 0 radical (unpaired) electrons. The second-order valence-corrected chi connectivity index (χ2v) is 6.52. The van der Waals surface area contributed by atoms with Gasteiger partial charge in [-0.05, 0) is 30.2 Å². The molecule has 2 heterocycles. The lowest BCUT2D eigenvalue weighted by molar-refractivity contribution is 0.0695. The first-order chi connectivity index (χ1) is 13.4. The first kappa shape index (κ1) is 18.4. The Hall–Kier alpha value is -3.00. The monoisotopic (exact) mass is 391 g/mol. The van der Waals surface area contributed by atoms with Crippen LogP contribution >= 0.6 is 0 Å². The zero-order valence-corrected chi connectivity index (χ0v) is 14.3. The number of benzene rings is 2. The molecule has 1 N–H and O–H groups in total. The van der Waals surface area contributed by atoms with Gasteiger partial charge in [0.15, 0.2) is 11.6 Å². The number of aromatic carboxylic acids is 1. The number of aromatic nitrogens is 1. The molecule has 4 rings (SSSR count). The zero-order valence-electron chi connectivity index (χ0n) is 14.3. The number of rotatable bonds is 3. The van der Waals surface area contributed by atoms with Gasteiger partial charge < -0.3 is 9.84 Å². The average molecular weight is 391 g/mol. The summed E-state index contributed by atoms with van der Waals surface area (Å²) in [7, 11) is 0. The summed E-state index contributed by atoms with van der Waals surface area (Å²) in [6.07, 6.45) is 1.60. The molecule has 1 saturated heterocycles. The van der Waals surface area contributed by atoms with Crippen LogP contribution in [-0.2, 0) is 4.74 Å². The molecule has 144 valence electrons. The molecule has 2 aromatic carbocycles. The number of halogens is 4. The van der Waals surface area contributed by atoms with E-state index in [1.54, 1.807) is 0 Å². The van der Waals surface area contributed by atoms with Crippen LogP contribution in [-0.4, -0.2) is 29.3 Å². The molecule has 1 aliphatic rings. The van der Waals surface area contributed by atoms with E-state index in [-0.39, 0.29) is 29.0 Å². The van der Waals surface area contributed by atoms with Gasteiger partial charge in [-0.1, -0.05) is 0 Å². The fourth-order valence-electron chi connectivity index (χ4n) is 3.63. The van der Waals surface area contributed by atoms with Crippen molar-refractivity contribution in [2.24, 2.45) is 0 Å². The molecule has 3 aromatic rings. The minimum Gasteiger partial charge on any atom is -0.478 e. The van der Waals surface area contributed by atoms with Gasteiger partial charge in [0.05, 0.1) is 17.7 Å². The number of carbonyl (C=O) groups is 1. The molecule has 0 amide bonds. The maximum Gasteiger partial charge on any atom is 0.337 e. The van der Waals surface area contributed by atoms with E-state index < -0.39 is 40.4 Å². The van der Waals surface area contributed by atoms with Gasteiger partial charge in [-0.15, -0.1) is 0 Å². The largest absolute Gasteiger partial charge is 0.478 e. The SMILES string of the molecule is O=C(O)c1cnc2c(-c3cc(F)cc(F)c3F)c(F)ccc2c1C1CCOC1. The van der Waals surface area contributed by atoms with Crippen molar-refractivity contribution < 1.29 is 32.2 Å². The van der Waals surface area contributed by atoms with Gasteiger partial charge in [-0.2, -0.15) is 0 Å². The van der Waals surface area contributed by atoms with Crippen molar-refractivity contribution in [1.82, 2.24) is 4.98 Å². The Morgan fingerprint density at radius 2 is 1.93 bits per heavy atom. The summed E-state index contributed by atoms with van der Waals surface area (Å²) >= 11 is 0. The van der Waals surface area contributed by atoms with Crippen molar-refractivity contribution in [3.8, 4) is 11.1 Å². The zero-order chi connectivity index (χ0) is 20.0. The van der Waals surface area contributed by atoms with E-state index in [1.807, 2.05) is 0 Å². The molecule has 1 aliphatic heterocycles. The van der Waals surface area contributed by atoms with Crippen LogP contribution in [0.1, 0.15) is 28.3 Å². The highest BCUT2D eigenvalue weighted by Crippen LogP contribution is 2.39. The van der Waals surface area contributed by atoms with Gasteiger partial charge in [0.2, 0.25) is 0 Å². The third-order valence-corrected chi connectivity index (χ3v) is 4.86. The molecular weight excluding hydrogens is 378 g/mol. The second-order valence-electron chi connectivity index (χ2n) is 6.52. The number of hydrogen-bond acceptors (Lipinski definition) is 3. The summed E-state index contributed by atoms with van der Waals surface area (Å²) in [5.41, 5.74) is -0.814. The topological polar surface area (TPSA) is 59.4 Å². The highest BCUT2D eigenvalue weighted by molar-refractivity contribution is 6.01. The third kappa shape index (κ3) is 2.90. The van der Waals surface area contributed by atoms with E-state index in [0.29, 0.717) is 30.7 Å². The normalized spacial score (nSPS) is 16.6. The van der Waals surface area contributed by atoms with Crippen LogP contribution in [0.5, 0.6) is 0 Å². The van der Waals surface area contributed by atoms with Gasteiger partial charge in [0.1, 0.15) is 11.6 Å². The summed E-state index contributed by atoms with van der Waals surface area (Å²) in [5, 5.41) is 9.80. The summed E-state index contributed by atoms with van der Waals surface area (Å²) in [6.45, 7) is 0.709. The smallest absolute Gasteiger partial charge is 0.337 e. The molecule has 4 nitrogen and oxygen atoms in total. The van der Waals surface area contributed by atoms with Crippen LogP contribution in [0.25, 0.3) is 22.0 Å². The van der Waals surface area contributed by atoms with Crippen molar-refractivity contribution >= 4 is 16.9 Å². The molecule has 0 aliphatic carbocycles. The van der Waals surface area contributed by atoms with E-state index in [1.165, 1.54) is 6.07 Å². The van der Waals surface area contributed by atoms with Crippen molar-refractivity contribution in [2.45, 2.75) is 12.3 Å². The average Bonchev–Trinajstić information content (AvgIpc) is 3.18. The molecule has 1 unspecified atom stereocenters. The van der Waals surface area contributed by atoms with Crippen molar-refractivity contribution in [3.63, 3.8) is 0 Å². The lowest BCUT2D eigenvalue weighted by atomic mass is 9.89. The van der Waals surface area contributed by atoms with Gasteiger partial charge in [0.25, 0.3) is 0 Å². The van der Waals surface area contributed by atoms with Crippen molar-refractivity contribution in [2.75, 3.05) is 13.2 Å². The predicted octanol–water partition coefficient (Wildman–Crippen LogP) is 4.66. The van der Waals surface area contributed by atoms with Gasteiger partial charge in [-0.3, -0.25) is 4.98 Å². The molecule has 8 heteroatoms. The minimum atomic E-state index is -1.46. The summed E-state index contributed by atoms with van der Waals surface area (Å²) in [5.74, 6) is -6.37. The van der Waals surface area contributed by atoms with Crippen molar-refractivity contribution in [1.29, 1.82) is 0 Å². The standard InChI is InChI=1S/C20H13F4NO3/c21-10-5-12(18(24)15(23)6-10)17-14(22)2-1-11-16(9-3-4-28-8-9)13(20(26)27)7-25-19(11)17/h1-2,5-7,9H,3-4,8H2,(H,26,27). The van der Waals surface area contributed by atoms with Crippen molar-refractivity contribution in [3.05, 3.63) is 64.9 Å². The van der Waals surface area contributed by atoms with Crippen LogP contribution < -0.4 is 0 Å². The van der Waals surface area contributed by atoms with Crippen LogP contribution in [0.4, 0.5) is 17.6 Å². The Balaban J connectivity index is 2.08. The van der Waals surface area contributed by atoms with Gasteiger partial charge in [0, 0.05) is 41.3 Å². The van der Waals surface area contributed by atoms with E-state index in [9.17, 15) is 27.5 Å². The van der Waals surface area contributed by atoms with Crippen LogP contribution in [0, 0.1) is 23.3 Å². The summed E-state index contributed by atoms with van der Waals surface area (Å²) in [6, 6.07) is 3.39. The number of nitrogens with zero attached hydrogens (tertiary/aromatic N) is 1. The van der Waals surface area contributed by atoms with E-state index in [0.717, 1.165) is 12.3 Å². The highest BCUT2D eigenvalue weighted by atomic mass is 19.2. The highest BCUT2D eigenvalue weighted by Gasteiger charge is 2.28. The van der Waals surface area contributed by atoms with E-state index >= 15 is 0 Å². The maximum absolute atomic E-state index is 14.6. The van der Waals surface area contributed by atoms with Crippen LogP contribution in [0.15, 0.2) is 30.5 Å². The molecule has 28 heavy (non-hydrogen) atoms. The Morgan fingerprint density at radius 1 is 1.14 bits per heavy atom. The quantitative estimate of drug-likeness (QED) is 0.521. The molecule has 1 atom stereocenters. The molecular formula is C20H13F4NO3. The fraction of sp³-hybridized carbons (Fsp3) is 0.200. The van der Waals surface area contributed by atoms with Crippen LogP contribution in [0.3, 0.4) is 0 Å². The first-order valence-electron chi connectivity index (χ1n) is 8.45. The Labute approximate surface area is 156 Å². The molecule has 0 saturated carbocycles. The van der Waals surface area contributed by atoms with Gasteiger partial charge in [-0.25, -0.2) is 22.4 Å². The van der Waals surface area contributed by atoms with Gasteiger partial charge >= 0.3 is 5.97 Å². The van der Waals surface area contributed by atoms with E-state index in [4.69, 9.17) is 4.74 Å². The number of carboxylic acids is 1. The Bertz CT molecular complexity index is 1110. The minimum absolute atomic E-state index is 0.0733. The number of pyridine rings is 1. The first-order valence-corrected chi connectivity index (χ1v) is 8.45. The Morgan fingerprint density at radius 3 is 2.61 bits per heavy atom. The number of fused-ring (bicyclic) bond motifs is 1. The third-order valence-electron chi connectivity index (χ3n) is 4.86. The number of hydrogen-bond donors (Lipinski definition) is 1. The van der Waals surface area contributed by atoms with E-state index in [2.05, 4.69) is 4.98 Å². The maximum atomic E-state index is 14.6. The summed E-state index contributed by atoms with van der Waals surface area (Å²) < 4.78 is 61.7. The molecule has 0 bridgehead atoms. The Kier molecular flexibility index (Phi) is 4.50. The lowest BCUT2D eigenvalue weighted by Gasteiger charge is -2.17. The second kappa shape index (κ2) is 6.87. The molecule has 1 fully saturated rings. The number of carboxylic acid groups (broad SMARTS) is 1. The summed E-state index contributed by atoms with van der Waals surface area (Å²) in [4.78, 5) is 15.7. The predicted molar refractivity (Wildman–Crippen MR) is 92.1 cm³/mol. The fourth-order valence-corrected chi connectivity index (χ4v) is 3.63. The number of ether oxygens (including phenoxy) is 1. The molecule has 0 spiro atoms. The molecule has 1 aromatic heterocycles. The lowest BCUT2D eigenvalue weighted by Crippen LogP contribution is -2.10.